The zero-order valence-corrected chi connectivity index (χ0v) is 73.3. The van der Waals surface area contributed by atoms with E-state index < -0.39 is 189 Å². The first-order valence-corrected chi connectivity index (χ1v) is 41.4. The van der Waals surface area contributed by atoms with E-state index in [-0.39, 0.29) is 173 Å². The van der Waals surface area contributed by atoms with Crippen molar-refractivity contribution in [3.05, 3.63) is 0 Å². The van der Waals surface area contributed by atoms with E-state index >= 15 is 0 Å². The predicted molar refractivity (Wildman–Crippen MR) is 427 cm³/mol. The molecule has 0 saturated carbocycles. The van der Waals surface area contributed by atoms with Crippen LogP contribution in [0, 0.1) is 0 Å². The summed E-state index contributed by atoms with van der Waals surface area (Å²) >= 11 is 0. The molecule has 125 heavy (non-hydrogen) atoms. The van der Waals surface area contributed by atoms with Crippen LogP contribution in [-0.2, 0) is 172 Å². The minimum Gasteiger partial charge on any atom is -0.463 e. The fourth-order valence-corrected chi connectivity index (χ4v) is 12.7. The highest BCUT2D eigenvalue weighted by molar-refractivity contribution is 5.79. The van der Waals surface area contributed by atoms with E-state index in [0.717, 1.165) is 62.3 Å². The van der Waals surface area contributed by atoms with E-state index in [2.05, 4.69) is 47.9 Å². The summed E-state index contributed by atoms with van der Waals surface area (Å²) in [5.41, 5.74) is 5.39. The molecule has 3 aliphatic heterocycles. The lowest BCUT2D eigenvalue weighted by molar-refractivity contribution is -0.277. The van der Waals surface area contributed by atoms with Crippen LogP contribution in [0.1, 0.15) is 179 Å². The molecule has 710 valence electrons. The number of rotatable bonds is 60. The Labute approximate surface area is 724 Å². The Morgan fingerprint density at radius 2 is 0.488 bits per heavy atom. The van der Waals surface area contributed by atoms with Crippen molar-refractivity contribution in [2.24, 2.45) is 5.73 Å². The molecule has 0 aromatic carbocycles. The van der Waals surface area contributed by atoms with Crippen LogP contribution in [0.25, 0.3) is 0 Å². The van der Waals surface area contributed by atoms with Gasteiger partial charge in [-0.1, -0.05) is 0 Å². The van der Waals surface area contributed by atoms with Gasteiger partial charge in [0.25, 0.3) is 0 Å². The summed E-state index contributed by atoms with van der Waals surface area (Å²) in [6.45, 7) is 13.0. The molecule has 46 heteroatoms. The van der Waals surface area contributed by atoms with Gasteiger partial charge in [-0.15, -0.1) is 0 Å². The van der Waals surface area contributed by atoms with Gasteiger partial charge in [-0.25, -0.2) is 0 Å². The molecule has 0 aromatic heterocycles. The second kappa shape index (κ2) is 60.6. The number of hydrogen-bond donors (Lipinski definition) is 10. The average Bonchev–Trinajstić information content (AvgIpc) is 0.796. The maximum atomic E-state index is 12.9. The first-order valence-electron chi connectivity index (χ1n) is 41.4. The van der Waals surface area contributed by atoms with Gasteiger partial charge >= 0.3 is 53.7 Å². The van der Waals surface area contributed by atoms with Crippen LogP contribution in [-0.4, -0.2) is 323 Å². The number of nitrogens with one attached hydrogen (secondary N) is 9. The van der Waals surface area contributed by atoms with E-state index in [1.165, 1.54) is 20.8 Å². The molecule has 3 aliphatic rings. The molecule has 0 radical (unpaired) electrons. The summed E-state index contributed by atoms with van der Waals surface area (Å²) in [5.74, 6) is -10.2. The molecule has 46 nitrogen and oxygen atoms in total. The molecular weight excluding hydrogens is 1660 g/mol. The van der Waals surface area contributed by atoms with Crippen LogP contribution in [0.3, 0.4) is 0 Å². The minimum atomic E-state index is -1.35. The third kappa shape index (κ3) is 47.8. The highest BCUT2D eigenvalue weighted by atomic mass is 16.7. The SMILES string of the molecule is CC(=O)NC1C(OCCCCC(=O)NCCCNC(=O)CCOCC(N)(COCCC(=O)NCCCNC(=O)CCCCOC2OC(COC(C)=O)C(OC(C)=O)C(OC(C)=O)C2NC(C)=O)COCCC(=O)NCCCNC(=O)CCCCOC2OC(COC(C)=O)C(OC(C)=O)C(OC(C)=O)C2NC(C)=O)OC(COC(C)=O)C(OC(C)=O)C1OC(C)=O. The molecule has 11 N–H and O–H groups in total. The highest BCUT2D eigenvalue weighted by Crippen LogP contribution is 2.32. The fraction of sp³-hybridized carbons (Fsp3) is 0.772. The largest absolute Gasteiger partial charge is 0.463 e. The quantitative estimate of drug-likeness (QED) is 0.0168. The first-order chi connectivity index (χ1) is 59.3. The second-order valence-electron chi connectivity index (χ2n) is 29.6. The van der Waals surface area contributed by atoms with E-state index in [4.69, 9.17) is 91.0 Å². The van der Waals surface area contributed by atoms with Crippen molar-refractivity contribution in [3.8, 4) is 0 Å². The van der Waals surface area contributed by atoms with Gasteiger partial charge < -0.3 is 139 Å². The molecule has 15 atom stereocenters. The summed E-state index contributed by atoms with van der Waals surface area (Å²) < 4.78 is 101. The number of unbranched alkanes of at least 4 members (excludes halogenated alkanes) is 3. The summed E-state index contributed by atoms with van der Waals surface area (Å²) in [5, 5.41) is 24.5. The molecule has 0 spiro atoms. The van der Waals surface area contributed by atoms with Crippen LogP contribution >= 0.6 is 0 Å². The third-order valence-electron chi connectivity index (χ3n) is 18.0. The van der Waals surface area contributed by atoms with Crippen LogP contribution < -0.4 is 53.6 Å². The fourth-order valence-electron chi connectivity index (χ4n) is 12.7. The summed E-state index contributed by atoms with van der Waals surface area (Å²) in [7, 11) is 0. The zero-order chi connectivity index (χ0) is 93.0. The minimum absolute atomic E-state index is 0.00469. The number of hydrogen-bond acceptors (Lipinski definition) is 37. The second-order valence-corrected chi connectivity index (χ2v) is 29.6. The van der Waals surface area contributed by atoms with Crippen molar-refractivity contribution in [2.45, 2.75) is 277 Å². The summed E-state index contributed by atoms with van der Waals surface area (Å²) in [6, 6.07) is -3.46. The third-order valence-corrected chi connectivity index (χ3v) is 18.0. The van der Waals surface area contributed by atoms with Crippen molar-refractivity contribution in [1.29, 1.82) is 0 Å². The van der Waals surface area contributed by atoms with E-state index in [9.17, 15) is 86.3 Å². The van der Waals surface area contributed by atoms with Crippen LogP contribution in [0.2, 0.25) is 0 Å². The highest BCUT2D eigenvalue weighted by Gasteiger charge is 2.54. The molecule has 3 fully saturated rings. The van der Waals surface area contributed by atoms with Crippen molar-refractivity contribution in [1.82, 2.24) is 47.9 Å². The van der Waals surface area contributed by atoms with Crippen molar-refractivity contribution >= 4 is 107 Å². The Hall–Kier alpha value is -9.94. The van der Waals surface area contributed by atoms with E-state index in [1.54, 1.807) is 0 Å². The first kappa shape index (κ1) is 109. The number of ether oxygens (including phenoxy) is 18. The number of carbonyl (C=O) groups is 18. The molecule has 3 saturated heterocycles. The standard InChI is InChI=1S/C79H128N10O36/c1-46(90)87-67-73(120-55(10)99)70(117-52(7)96)58(40-114-49(4)93)123-76(67)111-34-16-13-22-61(102)81-28-19-31-84-64(105)25-37-108-43-79(80,44-109-38-26-65(106)85-32-20-29-82-62(103)23-14-17-35-112-77-68(88-47(2)91)74(121-56(11)100)71(118-53(8)97)59(124-77)41-115-50(5)94)45-110-39-27-66(107)86-33-21-30-83-63(104)24-15-18-36-113-78-69(89-48(3)92)75(122-57(12)101)72(119-54(9)98)60(125-78)42-116-51(6)95/h58-60,67-78H,13-45,80H2,1-12H3,(H,81,102)(H,82,103)(H,83,104)(H,84,105)(H,85,106)(H,86,107)(H,87,90)(H,88,91)(H,89,92). The Morgan fingerprint density at radius 1 is 0.272 bits per heavy atom. The number of nitrogens with two attached hydrogens (primary N) is 1. The topological polar surface area (TPSA) is 608 Å². The summed E-state index contributed by atoms with van der Waals surface area (Å²) in [6.07, 6.45) is -11.8. The Kier molecular flexibility index (Phi) is 53.0. The maximum absolute atomic E-state index is 12.9. The lowest BCUT2D eigenvalue weighted by Gasteiger charge is -2.44. The van der Waals surface area contributed by atoms with Crippen LogP contribution in [0.5, 0.6) is 0 Å². The number of carbonyl (C=O) groups excluding carboxylic acids is 18. The van der Waals surface area contributed by atoms with Gasteiger partial charge in [0.15, 0.2) is 55.5 Å². The van der Waals surface area contributed by atoms with E-state index in [1.807, 2.05) is 0 Å². The van der Waals surface area contributed by atoms with Gasteiger partial charge in [-0.2, -0.15) is 0 Å². The van der Waals surface area contributed by atoms with Gasteiger partial charge in [-0.3, -0.25) is 86.3 Å². The number of amides is 9. The molecule has 3 heterocycles. The maximum Gasteiger partial charge on any atom is 0.303 e. The summed E-state index contributed by atoms with van der Waals surface area (Å²) in [4.78, 5) is 221. The molecular formula is C79H128N10O36. The lowest BCUT2D eigenvalue weighted by atomic mass is 9.96. The van der Waals surface area contributed by atoms with Crippen LogP contribution in [0.15, 0.2) is 0 Å². The Balaban J connectivity index is 1.48. The monoisotopic (exact) mass is 1790 g/mol. The number of esters is 9. The van der Waals surface area contributed by atoms with Crippen molar-refractivity contribution < 1.29 is 172 Å². The smallest absolute Gasteiger partial charge is 0.303 e. The van der Waals surface area contributed by atoms with Crippen molar-refractivity contribution in [3.63, 3.8) is 0 Å². The molecule has 0 bridgehead atoms. The predicted octanol–water partition coefficient (Wildman–Crippen LogP) is -2.70. The van der Waals surface area contributed by atoms with Crippen molar-refractivity contribution in [2.75, 3.05) is 119 Å². The molecule has 0 aromatic rings. The van der Waals surface area contributed by atoms with Gasteiger partial charge in [0, 0.05) is 181 Å². The molecule has 15 unspecified atom stereocenters. The van der Waals surface area contributed by atoms with Crippen LogP contribution in [0.4, 0.5) is 0 Å². The molecule has 9 amide bonds. The van der Waals surface area contributed by atoms with Gasteiger partial charge in [-0.05, 0) is 57.8 Å². The zero-order valence-electron chi connectivity index (χ0n) is 73.3. The Morgan fingerprint density at radius 3 is 0.696 bits per heavy atom. The molecule has 3 rings (SSSR count). The van der Waals surface area contributed by atoms with Gasteiger partial charge in [0.2, 0.25) is 53.2 Å². The Bertz CT molecular complexity index is 3140. The molecule has 0 aliphatic carbocycles. The van der Waals surface area contributed by atoms with E-state index in [0.29, 0.717) is 57.8 Å². The average molecular weight is 1790 g/mol. The van der Waals surface area contributed by atoms with Gasteiger partial charge in [0.05, 0.1) is 45.2 Å². The normalized spacial score (nSPS) is 22.4. The lowest BCUT2D eigenvalue weighted by Crippen LogP contribution is -2.66. The van der Waals surface area contributed by atoms with Gasteiger partial charge in [0.1, 0.15) is 56.3 Å².